The molecule has 2 aromatic carbocycles. The van der Waals surface area contributed by atoms with Crippen molar-refractivity contribution in [1.82, 2.24) is 20.6 Å². The number of aliphatic hydroxyl groups excluding tert-OH is 1. The smallest absolute Gasteiger partial charge is 0.159 e. The molecule has 3 aromatic rings. The zero-order valence-electron chi connectivity index (χ0n) is 16.9. The van der Waals surface area contributed by atoms with Gasteiger partial charge in [0, 0.05) is 37.3 Å². The molecule has 3 aliphatic rings. The summed E-state index contributed by atoms with van der Waals surface area (Å²) < 4.78 is 22.3. The van der Waals surface area contributed by atoms with E-state index in [2.05, 4.69) is 25.5 Å². The first kappa shape index (κ1) is 19.2. The molecule has 1 aromatic heterocycles. The lowest BCUT2D eigenvalue weighted by Gasteiger charge is -2.35. The monoisotopic (exact) mass is 441 g/mol. The molecule has 0 spiro atoms. The van der Waals surface area contributed by atoms with Crippen LogP contribution in [0, 0.1) is 12.7 Å². The summed E-state index contributed by atoms with van der Waals surface area (Å²) >= 11 is 6.87. The maximum atomic E-state index is 16.1. The van der Waals surface area contributed by atoms with Crippen LogP contribution in [0.25, 0.3) is 22.0 Å². The van der Waals surface area contributed by atoms with Gasteiger partial charge in [-0.25, -0.2) is 14.4 Å². The minimum absolute atomic E-state index is 0.0653. The number of hydrogen-bond donors (Lipinski definition) is 3. The third kappa shape index (κ3) is 2.69. The largest absolute Gasteiger partial charge is 0.489 e. The Hall–Kier alpha value is -2.52. The molecule has 6 rings (SSSR count). The highest BCUT2D eigenvalue weighted by Crippen LogP contribution is 2.50. The summed E-state index contributed by atoms with van der Waals surface area (Å²) in [4.78, 5) is 10.9. The molecule has 3 aliphatic heterocycles. The molecular weight excluding hydrogens is 421 g/mol. The quantitative estimate of drug-likeness (QED) is 0.535. The Bertz CT molecular complexity index is 1240. The number of nitrogens with one attached hydrogen (secondary N) is 2. The zero-order valence-corrected chi connectivity index (χ0v) is 17.6. The summed E-state index contributed by atoms with van der Waals surface area (Å²) in [5.74, 6) is 0.517. The molecular formula is C22H21ClFN5O2. The van der Waals surface area contributed by atoms with Crippen LogP contribution in [-0.4, -0.2) is 47.4 Å². The number of rotatable bonds is 1. The average Bonchev–Trinajstić information content (AvgIpc) is 3.06. The van der Waals surface area contributed by atoms with Gasteiger partial charge in [0.15, 0.2) is 11.6 Å². The van der Waals surface area contributed by atoms with Gasteiger partial charge in [0.1, 0.15) is 30.5 Å². The molecule has 0 amide bonds. The van der Waals surface area contributed by atoms with Crippen LogP contribution in [0.15, 0.2) is 18.5 Å². The molecule has 7 nitrogen and oxygen atoms in total. The Kier molecular flexibility index (Phi) is 4.33. The van der Waals surface area contributed by atoms with Gasteiger partial charge in [0.25, 0.3) is 0 Å². The zero-order chi connectivity index (χ0) is 21.3. The van der Waals surface area contributed by atoms with E-state index in [1.807, 2.05) is 19.1 Å². The number of aromatic nitrogens is 2. The fourth-order valence-electron chi connectivity index (χ4n) is 5.01. The second-order valence-corrected chi connectivity index (χ2v) is 8.61. The topological polar surface area (TPSA) is 82.5 Å². The number of ether oxygens (including phenoxy) is 1. The molecule has 160 valence electrons. The number of aliphatic hydroxyl groups is 1. The third-order valence-electron chi connectivity index (χ3n) is 6.50. The Balaban J connectivity index is 1.68. The number of benzene rings is 2. The SMILES string of the molecule is Cc1ccc2c(c1-c1c(Cl)c3c4c(ncnc4c1F)N1CCNC[C@H]1CO3)C(O)NC2. The Labute approximate surface area is 183 Å². The summed E-state index contributed by atoms with van der Waals surface area (Å²) in [6.45, 7) is 5.09. The molecule has 3 N–H and O–H groups in total. The lowest BCUT2D eigenvalue weighted by Crippen LogP contribution is -2.53. The number of aryl methyl sites for hydroxylation is 1. The molecule has 1 saturated heterocycles. The number of piperazine rings is 1. The molecule has 1 fully saturated rings. The highest BCUT2D eigenvalue weighted by atomic mass is 35.5. The van der Waals surface area contributed by atoms with E-state index < -0.39 is 12.0 Å². The predicted octanol–water partition coefficient (Wildman–Crippen LogP) is 2.66. The lowest BCUT2D eigenvalue weighted by atomic mass is 9.90. The van der Waals surface area contributed by atoms with Crippen molar-refractivity contribution in [2.24, 2.45) is 0 Å². The van der Waals surface area contributed by atoms with Gasteiger partial charge in [-0.15, -0.1) is 0 Å². The van der Waals surface area contributed by atoms with Crippen LogP contribution >= 0.6 is 11.6 Å². The fraction of sp³-hybridized carbons (Fsp3) is 0.364. The van der Waals surface area contributed by atoms with Gasteiger partial charge in [-0.2, -0.15) is 0 Å². The summed E-state index contributed by atoms with van der Waals surface area (Å²) in [6, 6.07) is 3.93. The second-order valence-electron chi connectivity index (χ2n) is 8.23. The first-order chi connectivity index (χ1) is 15.1. The fourth-order valence-corrected chi connectivity index (χ4v) is 5.34. The number of hydrogen-bond acceptors (Lipinski definition) is 7. The standard InChI is InChI=1S/C22H21ClFN5O2/c1-10-2-3-11-6-26-22(30)14(11)13(10)15-17(23)20-16-19(18(15)24)27-9-28-21(16)29-5-4-25-7-12(29)8-31-20/h2-3,9,12,22,25-26,30H,4-8H2,1H3/t12-,22?/m0/s1. The van der Waals surface area contributed by atoms with Crippen molar-refractivity contribution in [2.75, 3.05) is 31.1 Å². The molecule has 0 saturated carbocycles. The van der Waals surface area contributed by atoms with Crippen molar-refractivity contribution in [3.8, 4) is 16.9 Å². The lowest BCUT2D eigenvalue weighted by molar-refractivity contribution is 0.152. The summed E-state index contributed by atoms with van der Waals surface area (Å²) in [5, 5.41) is 17.6. The normalized spacial score (nSPS) is 22.1. The second kappa shape index (κ2) is 7.00. The van der Waals surface area contributed by atoms with E-state index >= 15 is 4.39 Å². The maximum absolute atomic E-state index is 16.1. The van der Waals surface area contributed by atoms with E-state index in [1.165, 1.54) is 6.33 Å². The Morgan fingerprint density at radius 2 is 2.16 bits per heavy atom. The number of halogens is 2. The molecule has 2 atom stereocenters. The number of anilines is 1. The predicted molar refractivity (Wildman–Crippen MR) is 116 cm³/mol. The van der Waals surface area contributed by atoms with Crippen molar-refractivity contribution in [1.29, 1.82) is 0 Å². The van der Waals surface area contributed by atoms with Gasteiger partial charge in [-0.05, 0) is 23.6 Å². The van der Waals surface area contributed by atoms with E-state index in [0.29, 0.717) is 41.2 Å². The highest BCUT2D eigenvalue weighted by molar-refractivity contribution is 6.36. The van der Waals surface area contributed by atoms with E-state index in [0.717, 1.165) is 30.8 Å². The molecule has 0 bridgehead atoms. The number of nitrogens with zero attached hydrogens (tertiary/aromatic N) is 3. The van der Waals surface area contributed by atoms with Crippen molar-refractivity contribution in [3.05, 3.63) is 46.0 Å². The summed E-state index contributed by atoms with van der Waals surface area (Å²) in [7, 11) is 0. The minimum atomic E-state index is -0.892. The molecule has 9 heteroatoms. The first-order valence-electron chi connectivity index (χ1n) is 10.4. The van der Waals surface area contributed by atoms with Gasteiger partial charge < -0.3 is 20.1 Å². The van der Waals surface area contributed by atoms with Gasteiger partial charge >= 0.3 is 0 Å². The van der Waals surface area contributed by atoms with E-state index in [9.17, 15) is 5.11 Å². The van der Waals surface area contributed by atoms with Crippen LogP contribution < -0.4 is 20.3 Å². The molecule has 0 radical (unpaired) electrons. The van der Waals surface area contributed by atoms with E-state index in [-0.39, 0.29) is 22.1 Å². The third-order valence-corrected chi connectivity index (χ3v) is 6.86. The average molecular weight is 442 g/mol. The Morgan fingerprint density at radius 1 is 1.29 bits per heavy atom. The van der Waals surface area contributed by atoms with Crippen molar-refractivity contribution >= 4 is 28.3 Å². The number of fused-ring (bicyclic) bond motifs is 3. The van der Waals surface area contributed by atoms with Crippen molar-refractivity contribution in [2.45, 2.75) is 25.7 Å². The van der Waals surface area contributed by atoms with Gasteiger partial charge in [-0.3, -0.25) is 5.32 Å². The van der Waals surface area contributed by atoms with Gasteiger partial charge in [0.05, 0.1) is 16.5 Å². The van der Waals surface area contributed by atoms with Crippen LogP contribution in [0.3, 0.4) is 0 Å². The van der Waals surface area contributed by atoms with Gasteiger partial charge in [0.2, 0.25) is 0 Å². The molecule has 4 heterocycles. The van der Waals surface area contributed by atoms with Crippen molar-refractivity contribution < 1.29 is 14.2 Å². The maximum Gasteiger partial charge on any atom is 0.159 e. The van der Waals surface area contributed by atoms with Crippen molar-refractivity contribution in [3.63, 3.8) is 0 Å². The Morgan fingerprint density at radius 3 is 3.03 bits per heavy atom. The van der Waals surface area contributed by atoms with Crippen LogP contribution in [0.5, 0.6) is 5.75 Å². The highest BCUT2D eigenvalue weighted by Gasteiger charge is 2.35. The van der Waals surface area contributed by atoms with Crippen LogP contribution in [-0.2, 0) is 6.54 Å². The van der Waals surface area contributed by atoms with E-state index in [1.54, 1.807) is 0 Å². The summed E-state index contributed by atoms with van der Waals surface area (Å²) in [5.41, 5.74) is 3.36. The summed E-state index contributed by atoms with van der Waals surface area (Å²) in [6.07, 6.45) is 0.503. The van der Waals surface area contributed by atoms with Crippen LogP contribution in [0.2, 0.25) is 5.02 Å². The molecule has 0 aliphatic carbocycles. The van der Waals surface area contributed by atoms with Crippen LogP contribution in [0.4, 0.5) is 10.2 Å². The molecule has 31 heavy (non-hydrogen) atoms. The van der Waals surface area contributed by atoms with Gasteiger partial charge in [-0.1, -0.05) is 23.7 Å². The van der Waals surface area contributed by atoms with Crippen LogP contribution in [0.1, 0.15) is 22.9 Å². The first-order valence-corrected chi connectivity index (χ1v) is 10.7. The minimum Gasteiger partial charge on any atom is -0.489 e. The molecule has 1 unspecified atom stereocenters. The van der Waals surface area contributed by atoms with E-state index in [4.69, 9.17) is 16.3 Å².